The summed E-state index contributed by atoms with van der Waals surface area (Å²) in [4.78, 5) is 0. The van der Waals surface area contributed by atoms with Gasteiger partial charge in [0, 0.05) is 6.42 Å². The molecule has 0 amide bonds. The summed E-state index contributed by atoms with van der Waals surface area (Å²) in [5.74, 6) is 0. The molecule has 31 heavy (non-hydrogen) atoms. The Morgan fingerprint density at radius 3 is 1.84 bits per heavy atom. The maximum absolute atomic E-state index is 7.05. The van der Waals surface area contributed by atoms with Crippen molar-refractivity contribution in [2.45, 2.75) is 122 Å². The molecular weight excluding hydrogens is 420 g/mol. The van der Waals surface area contributed by atoms with Gasteiger partial charge in [0.1, 0.15) is 0 Å². The molecule has 0 unspecified atom stereocenters. The fourth-order valence-corrected chi connectivity index (χ4v) is 10.6. The van der Waals surface area contributed by atoms with Crippen molar-refractivity contribution in [3.63, 3.8) is 0 Å². The molecule has 0 aliphatic carbocycles. The van der Waals surface area contributed by atoms with Crippen LogP contribution in [0.15, 0.2) is 30.3 Å². The van der Waals surface area contributed by atoms with Gasteiger partial charge in [-0.1, -0.05) is 71.9 Å². The molecule has 1 aromatic carbocycles. The van der Waals surface area contributed by atoms with Crippen LogP contribution in [0.3, 0.4) is 0 Å². The molecule has 4 atom stereocenters. The largest absolute Gasteiger partial charge is 0.411 e. The van der Waals surface area contributed by atoms with Crippen LogP contribution in [-0.2, 0) is 24.9 Å². The molecule has 2 rings (SSSR count). The lowest BCUT2D eigenvalue weighted by Crippen LogP contribution is -2.57. The zero-order chi connectivity index (χ0) is 22.9. The van der Waals surface area contributed by atoms with Gasteiger partial charge in [-0.15, -0.1) is 0 Å². The first kappa shape index (κ1) is 26.7. The van der Waals surface area contributed by atoms with Crippen molar-refractivity contribution in [3.8, 4) is 0 Å². The molecule has 0 aromatic heterocycles. The van der Waals surface area contributed by atoms with Crippen LogP contribution in [0.2, 0.25) is 36.3 Å². The van der Waals surface area contributed by atoms with Gasteiger partial charge in [0.15, 0.2) is 22.9 Å². The van der Waals surface area contributed by atoms with Crippen molar-refractivity contribution in [1.29, 1.82) is 0 Å². The van der Waals surface area contributed by atoms with Crippen LogP contribution in [0.1, 0.15) is 60.5 Å². The molecule has 178 valence electrons. The minimum atomic E-state index is -1.77. The van der Waals surface area contributed by atoms with E-state index in [9.17, 15) is 0 Å². The third-order valence-corrected chi connectivity index (χ3v) is 16.9. The summed E-state index contributed by atoms with van der Waals surface area (Å²) < 4.78 is 26.6. The maximum Gasteiger partial charge on any atom is 0.192 e. The molecule has 0 radical (unpaired) electrons. The minimum absolute atomic E-state index is 0.000355. The smallest absolute Gasteiger partial charge is 0.192 e. The predicted octanol–water partition coefficient (Wildman–Crippen LogP) is 7.12. The highest BCUT2D eigenvalue weighted by molar-refractivity contribution is 6.74. The van der Waals surface area contributed by atoms with Crippen LogP contribution in [0.25, 0.3) is 0 Å². The lowest BCUT2D eigenvalue weighted by Gasteiger charge is -2.47. The molecule has 1 heterocycles. The van der Waals surface area contributed by atoms with Crippen LogP contribution < -0.4 is 0 Å². The Kier molecular flexibility index (Phi) is 10.9. The van der Waals surface area contributed by atoms with Crippen molar-refractivity contribution in [1.82, 2.24) is 0 Å². The van der Waals surface area contributed by atoms with Crippen molar-refractivity contribution in [2.24, 2.45) is 0 Å². The minimum Gasteiger partial charge on any atom is -0.411 e. The lowest BCUT2D eigenvalue weighted by molar-refractivity contribution is -0.244. The van der Waals surface area contributed by atoms with Gasteiger partial charge in [-0.25, -0.2) is 0 Å². The van der Waals surface area contributed by atoms with Crippen molar-refractivity contribution in [3.05, 3.63) is 35.9 Å². The molecule has 1 aromatic rings. The predicted molar refractivity (Wildman–Crippen MR) is 134 cm³/mol. The van der Waals surface area contributed by atoms with Gasteiger partial charge in [-0.05, 0) is 48.8 Å². The van der Waals surface area contributed by atoms with E-state index in [0.717, 1.165) is 42.7 Å². The van der Waals surface area contributed by atoms with E-state index in [1.165, 1.54) is 5.56 Å². The molecule has 0 spiro atoms. The molecule has 0 saturated carbocycles. The number of hydrogen-bond acceptors (Lipinski definition) is 4. The summed E-state index contributed by atoms with van der Waals surface area (Å²) in [7, 11) is -3.55. The van der Waals surface area contributed by atoms with Crippen LogP contribution in [0.5, 0.6) is 0 Å². The van der Waals surface area contributed by atoms with E-state index < -0.39 is 16.6 Å². The van der Waals surface area contributed by atoms with Gasteiger partial charge in [0.25, 0.3) is 0 Å². The van der Waals surface area contributed by atoms with Gasteiger partial charge in [0.2, 0.25) is 0 Å². The Labute approximate surface area is 193 Å². The summed E-state index contributed by atoms with van der Waals surface area (Å²) in [6.07, 6.45) is 0.511. The van der Waals surface area contributed by atoms with Crippen LogP contribution in [0, 0.1) is 0 Å². The number of ether oxygens (including phenoxy) is 2. The molecule has 0 bridgehead atoms. The highest BCUT2D eigenvalue weighted by Gasteiger charge is 2.46. The molecule has 1 aliphatic rings. The standard InChI is InChI=1S/C25H46O4Si2/c1-8-30(9-2,10-3)28-23-19-24(26-20-22-17-15-14-16-18-22)27-21(7)25(23)29-31(11-4,12-5)13-6/h14-18,21,23-25H,8-13,19-20H2,1-7H3/t21-,23-,24-,25-/m0/s1. The van der Waals surface area contributed by atoms with Gasteiger partial charge in [-0.2, -0.15) is 0 Å². The van der Waals surface area contributed by atoms with Gasteiger partial charge in [0.05, 0.1) is 24.9 Å². The van der Waals surface area contributed by atoms with E-state index in [0.29, 0.717) is 6.61 Å². The zero-order valence-corrected chi connectivity index (χ0v) is 23.0. The van der Waals surface area contributed by atoms with E-state index >= 15 is 0 Å². The first-order valence-corrected chi connectivity index (χ1v) is 17.6. The van der Waals surface area contributed by atoms with E-state index in [2.05, 4.69) is 60.6 Å². The average Bonchev–Trinajstić information content (AvgIpc) is 2.82. The molecule has 1 fully saturated rings. The van der Waals surface area contributed by atoms with Crippen LogP contribution in [-0.4, -0.2) is 41.2 Å². The molecule has 6 heteroatoms. The summed E-state index contributed by atoms with van der Waals surface area (Å²) in [6.45, 7) is 16.5. The Hall–Kier alpha value is -0.506. The molecule has 1 aliphatic heterocycles. The van der Waals surface area contributed by atoms with Crippen LogP contribution in [0.4, 0.5) is 0 Å². The molecule has 0 N–H and O–H groups in total. The monoisotopic (exact) mass is 466 g/mol. The Balaban J connectivity index is 2.21. The highest BCUT2D eigenvalue weighted by Crippen LogP contribution is 2.35. The van der Waals surface area contributed by atoms with Crippen LogP contribution >= 0.6 is 0 Å². The van der Waals surface area contributed by atoms with E-state index in [1.807, 2.05) is 18.2 Å². The number of hydrogen-bond donors (Lipinski definition) is 0. The number of benzene rings is 1. The van der Waals surface area contributed by atoms with Gasteiger partial charge in [-0.3, -0.25) is 0 Å². The Morgan fingerprint density at radius 1 is 0.806 bits per heavy atom. The van der Waals surface area contributed by atoms with Crippen molar-refractivity contribution < 1.29 is 18.3 Å². The third-order valence-electron chi connectivity index (χ3n) is 7.55. The van der Waals surface area contributed by atoms with Crippen molar-refractivity contribution in [2.75, 3.05) is 0 Å². The average molecular weight is 467 g/mol. The summed E-state index contributed by atoms with van der Waals surface area (Å²) in [5, 5.41) is 0. The van der Waals surface area contributed by atoms with E-state index in [4.69, 9.17) is 18.3 Å². The summed E-state index contributed by atoms with van der Waals surface area (Å²) >= 11 is 0. The topological polar surface area (TPSA) is 36.9 Å². The first-order chi connectivity index (χ1) is 14.9. The zero-order valence-electron chi connectivity index (χ0n) is 21.0. The Bertz CT molecular complexity index is 603. The SMILES string of the molecule is CC[Si](CC)(CC)O[C@H]1[C@H](C)O[C@H](OCc2ccccc2)C[C@@H]1O[Si](CC)(CC)CC. The molecular formula is C25H46O4Si2. The third kappa shape index (κ3) is 6.99. The van der Waals surface area contributed by atoms with Crippen molar-refractivity contribution >= 4 is 16.6 Å². The molecule has 4 nitrogen and oxygen atoms in total. The van der Waals surface area contributed by atoms with Gasteiger partial charge < -0.3 is 18.3 Å². The van der Waals surface area contributed by atoms with E-state index in [1.54, 1.807) is 0 Å². The summed E-state index contributed by atoms with van der Waals surface area (Å²) in [6, 6.07) is 17.2. The fraction of sp³-hybridized carbons (Fsp3) is 0.760. The second kappa shape index (κ2) is 12.7. The second-order valence-electron chi connectivity index (χ2n) is 9.03. The highest BCUT2D eigenvalue weighted by atomic mass is 28.4. The molecule has 1 saturated heterocycles. The first-order valence-electron chi connectivity index (χ1n) is 12.6. The van der Waals surface area contributed by atoms with Gasteiger partial charge >= 0.3 is 0 Å². The summed E-state index contributed by atoms with van der Waals surface area (Å²) in [5.41, 5.74) is 1.17. The Morgan fingerprint density at radius 2 is 1.32 bits per heavy atom. The maximum atomic E-state index is 7.05. The second-order valence-corrected chi connectivity index (χ2v) is 18.5. The number of rotatable bonds is 13. The lowest BCUT2D eigenvalue weighted by atomic mass is 10.0. The van der Waals surface area contributed by atoms with E-state index in [-0.39, 0.29) is 24.6 Å². The normalized spacial score (nSPS) is 25.0. The quantitative estimate of drug-likeness (QED) is 0.290. The fourth-order valence-electron chi connectivity index (χ4n) is 4.77.